The zero-order valence-electron chi connectivity index (χ0n) is 16.9. The van der Waals surface area contributed by atoms with E-state index in [-0.39, 0.29) is 16.9 Å². The number of piperidine rings is 1. The third-order valence-electron chi connectivity index (χ3n) is 5.62. The van der Waals surface area contributed by atoms with E-state index in [1.54, 1.807) is 12.1 Å². The first kappa shape index (κ1) is 22.0. The van der Waals surface area contributed by atoms with Crippen LogP contribution in [0.25, 0.3) is 11.1 Å². The van der Waals surface area contributed by atoms with Gasteiger partial charge in [0.1, 0.15) is 5.69 Å². The highest BCUT2D eigenvalue weighted by Crippen LogP contribution is 2.40. The van der Waals surface area contributed by atoms with Crippen LogP contribution in [0.3, 0.4) is 0 Å². The van der Waals surface area contributed by atoms with Crippen molar-refractivity contribution in [3.63, 3.8) is 0 Å². The number of hydrogen-bond acceptors (Lipinski definition) is 6. The Morgan fingerprint density at radius 3 is 2.40 bits per heavy atom. The fraction of sp³-hybridized carbons (Fsp3) is 0.429. The summed E-state index contributed by atoms with van der Waals surface area (Å²) in [6.07, 6.45) is -5.50. The molecule has 30 heavy (non-hydrogen) atoms. The SMILES string of the molecule is CN(C)C1CCN(c2cc(-c3cccc(C(O)C(F)(F)F)c3)cc(N=O)c2N)CC1. The van der Waals surface area contributed by atoms with Gasteiger partial charge in [0.15, 0.2) is 6.10 Å². The number of nitrogens with zero attached hydrogens (tertiary/aromatic N) is 3. The van der Waals surface area contributed by atoms with Crippen LogP contribution in [-0.4, -0.2) is 49.4 Å². The van der Waals surface area contributed by atoms with Gasteiger partial charge in [-0.2, -0.15) is 13.2 Å². The Hall–Kier alpha value is -2.65. The molecule has 0 aliphatic carbocycles. The Kier molecular flexibility index (Phi) is 6.33. The van der Waals surface area contributed by atoms with Crippen LogP contribution in [0.5, 0.6) is 0 Å². The largest absolute Gasteiger partial charge is 0.418 e. The number of rotatable bonds is 5. The summed E-state index contributed by atoms with van der Waals surface area (Å²) in [4.78, 5) is 15.6. The molecule has 162 valence electrons. The maximum Gasteiger partial charge on any atom is 0.418 e. The molecule has 3 rings (SSSR count). The number of nitrogen functional groups attached to an aromatic ring is 1. The third-order valence-corrected chi connectivity index (χ3v) is 5.62. The summed E-state index contributed by atoms with van der Waals surface area (Å²) in [5.41, 5.74) is 7.78. The summed E-state index contributed by atoms with van der Waals surface area (Å²) < 4.78 is 38.7. The molecule has 1 aliphatic rings. The highest BCUT2D eigenvalue weighted by atomic mass is 19.4. The minimum absolute atomic E-state index is 0.0407. The Morgan fingerprint density at radius 1 is 1.17 bits per heavy atom. The lowest BCUT2D eigenvalue weighted by Gasteiger charge is -2.37. The van der Waals surface area contributed by atoms with E-state index in [1.807, 2.05) is 14.1 Å². The van der Waals surface area contributed by atoms with Gasteiger partial charge < -0.3 is 20.6 Å². The molecule has 1 unspecified atom stereocenters. The van der Waals surface area contributed by atoms with Crippen molar-refractivity contribution >= 4 is 17.1 Å². The first-order valence-electron chi connectivity index (χ1n) is 9.65. The van der Waals surface area contributed by atoms with E-state index in [0.717, 1.165) is 25.9 Å². The standard InChI is InChI=1S/C21H25F3N4O2/c1-27(2)16-6-8-28(9-7-16)18-12-15(11-17(26-30)19(18)25)13-4-3-5-14(10-13)20(29)21(22,23)24/h3-5,10-12,16,20,29H,6-9,25H2,1-2H3. The number of anilines is 2. The van der Waals surface area contributed by atoms with Gasteiger partial charge in [-0.1, -0.05) is 18.2 Å². The maximum atomic E-state index is 12.9. The van der Waals surface area contributed by atoms with E-state index in [4.69, 9.17) is 5.73 Å². The average molecular weight is 422 g/mol. The Labute approximate surface area is 173 Å². The number of aliphatic hydroxyl groups is 1. The summed E-state index contributed by atoms with van der Waals surface area (Å²) in [6.45, 7) is 1.48. The van der Waals surface area contributed by atoms with Gasteiger partial charge in [0.05, 0.1) is 11.4 Å². The Bertz CT molecular complexity index is 910. The third kappa shape index (κ3) is 4.57. The van der Waals surface area contributed by atoms with E-state index in [2.05, 4.69) is 15.0 Å². The zero-order valence-corrected chi connectivity index (χ0v) is 16.9. The monoisotopic (exact) mass is 422 g/mol. The molecule has 1 saturated heterocycles. The second-order valence-electron chi connectivity index (χ2n) is 7.77. The van der Waals surface area contributed by atoms with Crippen LogP contribution < -0.4 is 10.6 Å². The van der Waals surface area contributed by atoms with Gasteiger partial charge in [-0.05, 0) is 67.0 Å². The second-order valence-corrected chi connectivity index (χ2v) is 7.77. The fourth-order valence-electron chi connectivity index (χ4n) is 3.83. The highest BCUT2D eigenvalue weighted by molar-refractivity contribution is 5.86. The van der Waals surface area contributed by atoms with Gasteiger partial charge in [-0.3, -0.25) is 0 Å². The highest BCUT2D eigenvalue weighted by Gasteiger charge is 2.39. The number of benzene rings is 2. The number of nitroso groups, excluding NO2 is 1. The molecule has 1 aliphatic heterocycles. The fourth-order valence-corrected chi connectivity index (χ4v) is 3.83. The minimum Gasteiger partial charge on any atom is -0.395 e. The van der Waals surface area contributed by atoms with E-state index in [1.165, 1.54) is 24.3 Å². The van der Waals surface area contributed by atoms with E-state index >= 15 is 0 Å². The van der Waals surface area contributed by atoms with Crippen molar-refractivity contribution in [2.24, 2.45) is 5.18 Å². The first-order chi connectivity index (χ1) is 14.1. The normalized spacial score (nSPS) is 16.7. The van der Waals surface area contributed by atoms with Crippen molar-refractivity contribution in [3.05, 3.63) is 46.9 Å². The summed E-state index contributed by atoms with van der Waals surface area (Å²) in [7, 11) is 4.07. The number of nitrogens with two attached hydrogens (primary N) is 1. The molecule has 0 amide bonds. The van der Waals surface area contributed by atoms with Crippen molar-refractivity contribution in [1.29, 1.82) is 0 Å². The van der Waals surface area contributed by atoms with Crippen molar-refractivity contribution in [2.75, 3.05) is 37.8 Å². The van der Waals surface area contributed by atoms with Gasteiger partial charge in [-0.15, -0.1) is 4.91 Å². The zero-order chi connectivity index (χ0) is 22.1. The maximum absolute atomic E-state index is 12.9. The first-order valence-corrected chi connectivity index (χ1v) is 9.65. The predicted octanol–water partition coefficient (Wildman–Crippen LogP) is 4.46. The smallest absolute Gasteiger partial charge is 0.395 e. The van der Waals surface area contributed by atoms with Crippen LogP contribution >= 0.6 is 0 Å². The molecule has 0 saturated carbocycles. The molecule has 3 N–H and O–H groups in total. The average Bonchev–Trinajstić information content (AvgIpc) is 2.73. The van der Waals surface area contributed by atoms with Crippen LogP contribution in [0.15, 0.2) is 41.6 Å². The molecule has 2 aromatic carbocycles. The topological polar surface area (TPSA) is 82.2 Å². The molecule has 6 nitrogen and oxygen atoms in total. The van der Waals surface area contributed by atoms with Crippen LogP contribution in [0, 0.1) is 4.91 Å². The van der Waals surface area contributed by atoms with Gasteiger partial charge >= 0.3 is 6.18 Å². The lowest BCUT2D eigenvalue weighted by Crippen LogP contribution is -2.42. The van der Waals surface area contributed by atoms with Gasteiger partial charge in [0.2, 0.25) is 0 Å². The minimum atomic E-state index is -4.77. The number of alkyl halides is 3. The van der Waals surface area contributed by atoms with Gasteiger partial charge in [-0.25, -0.2) is 0 Å². The van der Waals surface area contributed by atoms with Crippen molar-refractivity contribution in [3.8, 4) is 11.1 Å². The molecule has 1 atom stereocenters. The molecule has 1 heterocycles. The quantitative estimate of drug-likeness (QED) is 0.549. The summed E-state index contributed by atoms with van der Waals surface area (Å²) >= 11 is 0. The summed E-state index contributed by atoms with van der Waals surface area (Å²) in [6, 6.07) is 9.21. The predicted molar refractivity (Wildman–Crippen MR) is 112 cm³/mol. The van der Waals surface area contributed by atoms with Crippen molar-refractivity contribution in [2.45, 2.75) is 31.2 Å². The van der Waals surface area contributed by atoms with Gasteiger partial charge in [0, 0.05) is 19.1 Å². The molecule has 0 bridgehead atoms. The summed E-state index contributed by atoms with van der Waals surface area (Å²) in [5, 5.41) is 12.6. The van der Waals surface area contributed by atoms with Crippen LogP contribution in [0.4, 0.5) is 30.2 Å². The molecule has 0 radical (unpaired) electrons. The molecule has 1 fully saturated rings. The van der Waals surface area contributed by atoms with E-state index < -0.39 is 12.3 Å². The second kappa shape index (κ2) is 8.61. The van der Waals surface area contributed by atoms with Crippen LogP contribution in [0.2, 0.25) is 0 Å². The number of halogens is 3. The molecule has 9 heteroatoms. The van der Waals surface area contributed by atoms with Gasteiger partial charge in [0.25, 0.3) is 0 Å². The lowest BCUT2D eigenvalue weighted by molar-refractivity contribution is -0.206. The number of hydrogen-bond donors (Lipinski definition) is 2. The Balaban J connectivity index is 1.97. The molecular weight excluding hydrogens is 397 g/mol. The Morgan fingerprint density at radius 2 is 1.83 bits per heavy atom. The van der Waals surface area contributed by atoms with E-state index in [9.17, 15) is 23.2 Å². The van der Waals surface area contributed by atoms with Crippen molar-refractivity contribution < 1.29 is 18.3 Å². The molecule has 2 aromatic rings. The van der Waals surface area contributed by atoms with Crippen molar-refractivity contribution in [1.82, 2.24) is 4.90 Å². The van der Waals surface area contributed by atoms with E-state index in [0.29, 0.717) is 22.9 Å². The summed E-state index contributed by atoms with van der Waals surface area (Å²) in [5.74, 6) is 0. The number of aliphatic hydroxyl groups excluding tert-OH is 1. The van der Waals surface area contributed by atoms with Crippen LogP contribution in [-0.2, 0) is 0 Å². The van der Waals surface area contributed by atoms with Crippen LogP contribution in [0.1, 0.15) is 24.5 Å². The lowest BCUT2D eigenvalue weighted by atomic mass is 9.97. The molecular formula is C21H25F3N4O2. The molecule has 0 aromatic heterocycles. The molecule has 0 spiro atoms.